The fourth-order valence-electron chi connectivity index (χ4n) is 2.87. The van der Waals surface area contributed by atoms with Crippen molar-refractivity contribution in [2.24, 2.45) is 0 Å². The van der Waals surface area contributed by atoms with Crippen LogP contribution in [0, 0.1) is 0 Å². The topological polar surface area (TPSA) is 36.0 Å². The van der Waals surface area contributed by atoms with Gasteiger partial charge in [-0.2, -0.15) is 0 Å². The molecule has 5 nitrogen and oxygen atoms in total. The summed E-state index contributed by atoms with van der Waals surface area (Å²) in [5, 5.41) is 0. The van der Waals surface area contributed by atoms with Crippen LogP contribution in [0.2, 0.25) is 0 Å². The van der Waals surface area contributed by atoms with Crippen LogP contribution in [0.4, 0.5) is 4.79 Å². The molecule has 22 heavy (non-hydrogen) atoms. The summed E-state index contributed by atoms with van der Waals surface area (Å²) >= 11 is 0. The first-order valence-electron chi connectivity index (χ1n) is 8.07. The van der Waals surface area contributed by atoms with Gasteiger partial charge in [-0.1, -0.05) is 18.2 Å². The second-order valence-corrected chi connectivity index (χ2v) is 5.53. The molecule has 0 aliphatic carbocycles. The van der Waals surface area contributed by atoms with Gasteiger partial charge in [0.25, 0.3) is 0 Å². The lowest BCUT2D eigenvalue weighted by Crippen LogP contribution is -2.52. The largest absolute Gasteiger partial charge is 0.496 e. The normalized spacial score (nSPS) is 15.7. The van der Waals surface area contributed by atoms with Gasteiger partial charge in [0.1, 0.15) is 5.75 Å². The van der Waals surface area contributed by atoms with Crippen LogP contribution in [0.5, 0.6) is 5.75 Å². The lowest BCUT2D eigenvalue weighted by molar-refractivity contribution is 0.112. The summed E-state index contributed by atoms with van der Waals surface area (Å²) in [5.41, 5.74) is 1.20. The molecule has 1 aliphatic rings. The second kappa shape index (κ2) is 8.03. The minimum atomic E-state index is 0.168. The van der Waals surface area contributed by atoms with E-state index < -0.39 is 0 Å². The number of hydrogen-bond donors (Lipinski definition) is 0. The average Bonchev–Trinajstić information content (AvgIpc) is 2.57. The number of para-hydroxylation sites is 1. The molecule has 5 heteroatoms. The highest BCUT2D eigenvalue weighted by Gasteiger charge is 2.24. The van der Waals surface area contributed by atoms with Crippen molar-refractivity contribution in [2.75, 3.05) is 46.4 Å². The van der Waals surface area contributed by atoms with E-state index >= 15 is 0 Å². The number of methoxy groups -OCH3 is 1. The Bertz CT molecular complexity index is 481. The van der Waals surface area contributed by atoms with Crippen molar-refractivity contribution in [1.82, 2.24) is 14.7 Å². The fourth-order valence-corrected chi connectivity index (χ4v) is 2.87. The fraction of sp³-hybridized carbons (Fsp3) is 0.588. The minimum Gasteiger partial charge on any atom is -0.496 e. The Labute approximate surface area is 133 Å². The SMILES string of the molecule is CCN(CC)C(=O)N1CCN(Cc2ccccc2OC)CC1. The summed E-state index contributed by atoms with van der Waals surface area (Å²) in [6.07, 6.45) is 0. The second-order valence-electron chi connectivity index (χ2n) is 5.53. The predicted octanol–water partition coefficient (Wildman–Crippen LogP) is 2.27. The molecule has 0 aromatic heterocycles. The standard InChI is InChI=1S/C17H27N3O2/c1-4-19(5-2)17(21)20-12-10-18(11-13-20)14-15-8-6-7-9-16(15)22-3/h6-9H,4-5,10-14H2,1-3H3. The molecule has 0 unspecified atom stereocenters. The van der Waals surface area contributed by atoms with Crippen molar-refractivity contribution in [3.8, 4) is 5.75 Å². The zero-order valence-corrected chi connectivity index (χ0v) is 13.9. The van der Waals surface area contributed by atoms with Crippen molar-refractivity contribution in [3.05, 3.63) is 29.8 Å². The lowest BCUT2D eigenvalue weighted by atomic mass is 10.1. The van der Waals surface area contributed by atoms with Crippen molar-refractivity contribution in [1.29, 1.82) is 0 Å². The van der Waals surface area contributed by atoms with E-state index in [1.54, 1.807) is 7.11 Å². The van der Waals surface area contributed by atoms with Crippen LogP contribution in [-0.4, -0.2) is 67.1 Å². The molecule has 0 N–H and O–H groups in total. The van der Waals surface area contributed by atoms with Crippen molar-refractivity contribution >= 4 is 6.03 Å². The predicted molar refractivity (Wildman–Crippen MR) is 88.2 cm³/mol. The van der Waals surface area contributed by atoms with Gasteiger partial charge in [-0.05, 0) is 19.9 Å². The highest BCUT2D eigenvalue weighted by Crippen LogP contribution is 2.20. The molecular weight excluding hydrogens is 278 g/mol. The number of ether oxygens (including phenoxy) is 1. The highest BCUT2D eigenvalue weighted by atomic mass is 16.5. The maximum atomic E-state index is 12.3. The molecule has 1 aromatic carbocycles. The molecule has 1 aliphatic heterocycles. The van der Waals surface area contributed by atoms with E-state index in [2.05, 4.69) is 11.0 Å². The van der Waals surface area contributed by atoms with Crippen molar-refractivity contribution < 1.29 is 9.53 Å². The van der Waals surface area contributed by atoms with Gasteiger partial charge < -0.3 is 14.5 Å². The zero-order valence-electron chi connectivity index (χ0n) is 13.9. The third-order valence-corrected chi connectivity index (χ3v) is 4.26. The number of hydrogen-bond acceptors (Lipinski definition) is 3. The van der Waals surface area contributed by atoms with Crippen molar-refractivity contribution in [3.63, 3.8) is 0 Å². The molecule has 0 radical (unpaired) electrons. The third kappa shape index (κ3) is 3.91. The summed E-state index contributed by atoms with van der Waals surface area (Å²) in [7, 11) is 1.71. The summed E-state index contributed by atoms with van der Waals surface area (Å²) in [4.78, 5) is 18.6. The molecule has 122 valence electrons. The summed E-state index contributed by atoms with van der Waals surface area (Å²) < 4.78 is 5.41. The minimum absolute atomic E-state index is 0.168. The van der Waals surface area contributed by atoms with Crippen LogP contribution < -0.4 is 4.74 Å². The Hall–Kier alpha value is -1.75. The number of rotatable bonds is 5. The van der Waals surface area contributed by atoms with Gasteiger partial charge in [0.2, 0.25) is 0 Å². The van der Waals surface area contributed by atoms with Gasteiger partial charge in [-0.15, -0.1) is 0 Å². The number of carbonyl (C=O) groups is 1. The maximum Gasteiger partial charge on any atom is 0.320 e. The summed E-state index contributed by atoms with van der Waals surface area (Å²) in [5.74, 6) is 0.934. The van der Waals surface area contributed by atoms with E-state index in [0.717, 1.165) is 51.6 Å². The molecule has 1 fully saturated rings. The molecule has 0 saturated carbocycles. The summed E-state index contributed by atoms with van der Waals surface area (Å²) in [6, 6.07) is 8.30. The van der Waals surface area contributed by atoms with Gasteiger partial charge in [-0.3, -0.25) is 4.90 Å². The Morgan fingerprint density at radius 1 is 1.14 bits per heavy atom. The molecule has 0 spiro atoms. The van der Waals surface area contributed by atoms with E-state index in [0.29, 0.717) is 0 Å². The number of amides is 2. The molecule has 0 bridgehead atoms. The third-order valence-electron chi connectivity index (χ3n) is 4.26. The number of carbonyl (C=O) groups excluding carboxylic acids is 1. The Kier molecular flexibility index (Phi) is 6.07. The van der Waals surface area contributed by atoms with E-state index in [1.807, 2.05) is 41.8 Å². The first-order chi connectivity index (χ1) is 10.7. The van der Waals surface area contributed by atoms with Crippen LogP contribution in [0.15, 0.2) is 24.3 Å². The van der Waals surface area contributed by atoms with E-state index in [1.165, 1.54) is 5.56 Å². The Morgan fingerprint density at radius 2 is 1.77 bits per heavy atom. The number of piperazine rings is 1. The van der Waals surface area contributed by atoms with E-state index in [4.69, 9.17) is 4.74 Å². The van der Waals surface area contributed by atoms with Gasteiger partial charge >= 0.3 is 6.03 Å². The van der Waals surface area contributed by atoms with Gasteiger partial charge in [0.15, 0.2) is 0 Å². The Balaban J connectivity index is 1.88. The molecule has 1 heterocycles. The first kappa shape index (κ1) is 16.6. The van der Waals surface area contributed by atoms with Gasteiger partial charge in [0.05, 0.1) is 7.11 Å². The quantitative estimate of drug-likeness (QED) is 0.837. The smallest absolute Gasteiger partial charge is 0.320 e. The highest BCUT2D eigenvalue weighted by molar-refractivity contribution is 5.74. The number of urea groups is 1. The molecule has 2 rings (SSSR count). The molecule has 1 aromatic rings. The molecule has 0 atom stereocenters. The van der Waals surface area contributed by atoms with E-state index in [-0.39, 0.29) is 6.03 Å². The zero-order chi connectivity index (χ0) is 15.9. The van der Waals surface area contributed by atoms with Crippen LogP contribution in [0.25, 0.3) is 0 Å². The van der Waals surface area contributed by atoms with E-state index in [9.17, 15) is 4.79 Å². The van der Waals surface area contributed by atoms with Crippen LogP contribution >= 0.6 is 0 Å². The average molecular weight is 305 g/mol. The molecular formula is C17H27N3O2. The van der Waals surface area contributed by atoms with Crippen LogP contribution in [0.3, 0.4) is 0 Å². The molecule has 1 saturated heterocycles. The van der Waals surface area contributed by atoms with Gasteiger partial charge in [0, 0.05) is 51.4 Å². The monoisotopic (exact) mass is 305 g/mol. The van der Waals surface area contributed by atoms with Crippen LogP contribution in [0.1, 0.15) is 19.4 Å². The number of nitrogens with zero attached hydrogens (tertiary/aromatic N) is 3. The van der Waals surface area contributed by atoms with Gasteiger partial charge in [-0.25, -0.2) is 4.79 Å². The number of benzene rings is 1. The maximum absolute atomic E-state index is 12.3. The first-order valence-corrected chi connectivity index (χ1v) is 8.07. The Morgan fingerprint density at radius 3 is 2.36 bits per heavy atom. The lowest BCUT2D eigenvalue weighted by Gasteiger charge is -2.37. The van der Waals surface area contributed by atoms with Crippen molar-refractivity contribution in [2.45, 2.75) is 20.4 Å². The van der Waals surface area contributed by atoms with Crippen LogP contribution in [-0.2, 0) is 6.54 Å². The summed E-state index contributed by atoms with van der Waals surface area (Å²) in [6.45, 7) is 9.88. The molecule has 2 amide bonds.